The molecular weight excluding hydrogens is 643 g/mol. The lowest BCUT2D eigenvalue weighted by molar-refractivity contribution is -0.567. The highest BCUT2D eigenvalue weighted by Crippen LogP contribution is 2.40. The van der Waals surface area contributed by atoms with E-state index >= 15 is 0 Å². The van der Waals surface area contributed by atoms with Crippen molar-refractivity contribution in [2.24, 2.45) is 0 Å². The summed E-state index contributed by atoms with van der Waals surface area (Å²) in [5, 5.41) is 9.90. The van der Waals surface area contributed by atoms with Gasteiger partial charge in [0.1, 0.15) is 5.52 Å². The fraction of sp³-hybridized carbons (Fsp3) is 0. The Bertz CT molecular complexity index is 3110. The van der Waals surface area contributed by atoms with E-state index in [0.29, 0.717) is 0 Å². The number of rotatable bonds is 4. The van der Waals surface area contributed by atoms with Crippen molar-refractivity contribution in [2.45, 2.75) is 0 Å². The van der Waals surface area contributed by atoms with Gasteiger partial charge in [0.05, 0.1) is 11.0 Å². The van der Waals surface area contributed by atoms with Crippen molar-refractivity contribution in [1.82, 2.24) is 9.55 Å². The van der Waals surface area contributed by atoms with Crippen molar-refractivity contribution in [1.29, 1.82) is 0 Å². The molecule has 0 amide bonds. The summed E-state index contributed by atoms with van der Waals surface area (Å²) in [4.78, 5) is 5.54. The molecular formula is C50H32N3+. The highest BCUT2D eigenvalue weighted by atomic mass is 15.1. The Hall–Kier alpha value is -7.10. The number of hydrogen-bond donors (Lipinski definition) is 0. The Morgan fingerprint density at radius 3 is 1.64 bits per heavy atom. The van der Waals surface area contributed by atoms with Crippen molar-refractivity contribution in [3.8, 4) is 33.8 Å². The third-order valence-corrected chi connectivity index (χ3v) is 10.8. The molecule has 0 atom stereocenters. The number of aromatic nitrogens is 3. The molecule has 2 heterocycles. The molecule has 0 saturated carbocycles. The first-order valence-corrected chi connectivity index (χ1v) is 18.1. The van der Waals surface area contributed by atoms with Gasteiger partial charge in [-0.3, -0.25) is 4.57 Å². The molecule has 0 saturated heterocycles. The van der Waals surface area contributed by atoms with Gasteiger partial charge in [0.25, 0.3) is 0 Å². The second-order valence-corrected chi connectivity index (χ2v) is 13.8. The van der Waals surface area contributed by atoms with Crippen molar-refractivity contribution in [2.75, 3.05) is 0 Å². The van der Waals surface area contributed by atoms with Gasteiger partial charge in [-0.2, -0.15) is 4.57 Å². The fourth-order valence-corrected chi connectivity index (χ4v) is 8.36. The zero-order valence-electron chi connectivity index (χ0n) is 28.8. The van der Waals surface area contributed by atoms with Gasteiger partial charge >= 0.3 is 0 Å². The molecule has 3 nitrogen and oxygen atoms in total. The molecule has 11 aromatic rings. The van der Waals surface area contributed by atoms with Crippen LogP contribution in [0, 0.1) is 0 Å². The van der Waals surface area contributed by atoms with Crippen LogP contribution in [0.2, 0.25) is 0 Å². The summed E-state index contributed by atoms with van der Waals surface area (Å²) in [6, 6.07) is 67.8. The van der Waals surface area contributed by atoms with E-state index in [9.17, 15) is 0 Å². The zero-order valence-corrected chi connectivity index (χ0v) is 28.8. The van der Waals surface area contributed by atoms with Crippen LogP contribution < -0.4 is 4.57 Å². The van der Waals surface area contributed by atoms with E-state index in [4.69, 9.17) is 4.98 Å². The molecule has 0 spiro atoms. The lowest BCUT2D eigenvalue weighted by atomic mass is 9.98. The van der Waals surface area contributed by atoms with Crippen molar-refractivity contribution in [3.63, 3.8) is 0 Å². The van der Waals surface area contributed by atoms with Gasteiger partial charge in [-0.15, -0.1) is 0 Å². The van der Waals surface area contributed by atoms with E-state index in [1.807, 2.05) is 0 Å². The van der Waals surface area contributed by atoms with Gasteiger partial charge in [-0.05, 0) is 91.0 Å². The molecule has 0 fully saturated rings. The van der Waals surface area contributed by atoms with Gasteiger partial charge in [0, 0.05) is 29.0 Å². The molecule has 0 aliphatic rings. The number of nitrogens with zero attached hydrogens (tertiary/aromatic N) is 3. The highest BCUT2D eigenvalue weighted by molar-refractivity contribution is 6.28. The SMILES string of the molecule is c1ccc(-c2ccc(-[n+]3cc(-n4c5ccc6ccccc6c5c5c6ccccc6ccc54)nc4cc(-c5cccc6ccccc56)ccc43)cc2)cc1. The lowest BCUT2D eigenvalue weighted by Crippen LogP contribution is -2.32. The summed E-state index contributed by atoms with van der Waals surface area (Å²) >= 11 is 0. The third kappa shape index (κ3) is 4.68. The van der Waals surface area contributed by atoms with E-state index in [1.165, 1.54) is 59.8 Å². The van der Waals surface area contributed by atoms with Gasteiger partial charge in [-0.25, -0.2) is 4.98 Å². The van der Waals surface area contributed by atoms with Crippen LogP contribution in [-0.2, 0) is 0 Å². The van der Waals surface area contributed by atoms with E-state index in [-0.39, 0.29) is 0 Å². The summed E-state index contributed by atoms with van der Waals surface area (Å²) in [6.07, 6.45) is 2.21. The summed E-state index contributed by atoms with van der Waals surface area (Å²) in [5.74, 6) is 0.866. The summed E-state index contributed by atoms with van der Waals surface area (Å²) in [6.45, 7) is 0. The molecule has 0 unspecified atom stereocenters. The molecule has 2 aromatic heterocycles. The fourth-order valence-electron chi connectivity index (χ4n) is 8.36. The monoisotopic (exact) mass is 674 g/mol. The molecule has 0 bridgehead atoms. The van der Waals surface area contributed by atoms with E-state index in [2.05, 4.69) is 203 Å². The van der Waals surface area contributed by atoms with Crippen LogP contribution in [0.3, 0.4) is 0 Å². The second kappa shape index (κ2) is 11.7. The first kappa shape index (κ1) is 29.6. The second-order valence-electron chi connectivity index (χ2n) is 13.8. The Labute approximate surface area is 306 Å². The maximum absolute atomic E-state index is 5.54. The molecule has 53 heavy (non-hydrogen) atoms. The Morgan fingerprint density at radius 1 is 0.415 bits per heavy atom. The van der Waals surface area contributed by atoms with Crippen LogP contribution in [0.25, 0.3) is 98.9 Å². The molecule has 0 aliphatic carbocycles. The van der Waals surface area contributed by atoms with Crippen LogP contribution in [0.1, 0.15) is 0 Å². The highest BCUT2D eigenvalue weighted by Gasteiger charge is 2.23. The van der Waals surface area contributed by atoms with Crippen LogP contribution in [0.5, 0.6) is 0 Å². The lowest BCUT2D eigenvalue weighted by Gasteiger charge is -2.11. The molecule has 3 heteroatoms. The first-order chi connectivity index (χ1) is 26.3. The summed E-state index contributed by atoms with van der Waals surface area (Å²) < 4.78 is 4.67. The van der Waals surface area contributed by atoms with E-state index in [1.54, 1.807) is 0 Å². The third-order valence-electron chi connectivity index (χ3n) is 10.8. The Balaban J connectivity index is 1.22. The van der Waals surface area contributed by atoms with Crippen LogP contribution in [0.4, 0.5) is 0 Å². The summed E-state index contributed by atoms with van der Waals surface area (Å²) in [7, 11) is 0. The van der Waals surface area contributed by atoms with Gasteiger partial charge < -0.3 is 0 Å². The topological polar surface area (TPSA) is 21.7 Å². The number of benzene rings is 9. The maximum atomic E-state index is 5.54. The molecule has 0 radical (unpaired) electrons. The zero-order chi connectivity index (χ0) is 34.9. The van der Waals surface area contributed by atoms with Crippen LogP contribution in [-0.4, -0.2) is 9.55 Å². The molecule has 0 aliphatic heterocycles. The average molecular weight is 675 g/mol. The quantitative estimate of drug-likeness (QED) is 0.170. The van der Waals surface area contributed by atoms with E-state index < -0.39 is 0 Å². The van der Waals surface area contributed by atoms with Crippen LogP contribution >= 0.6 is 0 Å². The normalized spacial score (nSPS) is 11.8. The van der Waals surface area contributed by atoms with Crippen molar-refractivity contribution in [3.05, 3.63) is 194 Å². The minimum Gasteiger partial charge on any atom is -0.289 e. The van der Waals surface area contributed by atoms with Crippen molar-refractivity contribution < 1.29 is 4.57 Å². The Kier molecular flexibility index (Phi) is 6.55. The summed E-state index contributed by atoms with van der Waals surface area (Å²) in [5.41, 5.74) is 10.1. The average Bonchev–Trinajstić information content (AvgIpc) is 3.59. The predicted octanol–water partition coefficient (Wildman–Crippen LogP) is 12.4. The minimum atomic E-state index is 0.866. The predicted molar refractivity (Wildman–Crippen MR) is 221 cm³/mol. The minimum absolute atomic E-state index is 0.866. The standard InChI is InChI=1S/C50H32N3/c1-2-11-33(12-3-1)34-21-26-39(27-22-34)52-32-48(51-44-31-38(25-28-45(44)52)41-20-10-16-35-13-4-7-17-40(35)41)53-46-29-23-36-14-5-8-18-42(36)49(46)50-43-19-9-6-15-37(43)24-30-47(50)53/h1-32H/q+1. The number of fused-ring (bicyclic) bond motifs is 9. The molecule has 0 N–H and O–H groups in total. The number of hydrogen-bond acceptors (Lipinski definition) is 1. The van der Waals surface area contributed by atoms with Gasteiger partial charge in [0.15, 0.2) is 0 Å². The van der Waals surface area contributed by atoms with E-state index in [0.717, 1.165) is 39.1 Å². The van der Waals surface area contributed by atoms with Gasteiger partial charge in [-0.1, -0.05) is 133 Å². The smallest absolute Gasteiger partial charge is 0.237 e. The largest absolute Gasteiger partial charge is 0.289 e. The molecule has 11 rings (SSSR count). The molecule has 246 valence electrons. The first-order valence-electron chi connectivity index (χ1n) is 18.1. The van der Waals surface area contributed by atoms with Crippen molar-refractivity contribution >= 4 is 65.2 Å². The van der Waals surface area contributed by atoms with Crippen LogP contribution in [0.15, 0.2) is 194 Å². The Morgan fingerprint density at radius 2 is 0.962 bits per heavy atom. The molecule has 9 aromatic carbocycles. The van der Waals surface area contributed by atoms with Gasteiger partial charge in [0.2, 0.25) is 23.2 Å². The maximum Gasteiger partial charge on any atom is 0.237 e.